The van der Waals surface area contributed by atoms with Crippen LogP contribution in [0.4, 0.5) is 0 Å². The van der Waals surface area contributed by atoms with E-state index < -0.39 is 6.10 Å². The van der Waals surface area contributed by atoms with E-state index in [1.807, 2.05) is 6.08 Å². The van der Waals surface area contributed by atoms with E-state index in [2.05, 4.69) is 51.2 Å². The molecule has 6 nitrogen and oxygen atoms in total. The summed E-state index contributed by atoms with van der Waals surface area (Å²) >= 11 is 0. The first-order valence-corrected chi connectivity index (χ1v) is 26.5. The summed E-state index contributed by atoms with van der Waals surface area (Å²) in [7, 11) is 0. The molecule has 0 saturated heterocycles. The van der Waals surface area contributed by atoms with Gasteiger partial charge in [0.25, 0.3) is 0 Å². The van der Waals surface area contributed by atoms with Gasteiger partial charge in [-0.05, 0) is 64.2 Å². The Hall–Kier alpha value is -2.37. The fourth-order valence-electron chi connectivity index (χ4n) is 7.61. The summed E-state index contributed by atoms with van der Waals surface area (Å²) in [6, 6.07) is 0. The lowest BCUT2D eigenvalue weighted by molar-refractivity contribution is -0.166. The Labute approximate surface area is 378 Å². The van der Waals surface area contributed by atoms with Crippen LogP contribution in [0.15, 0.2) is 36.5 Å². The second kappa shape index (κ2) is 50.3. The van der Waals surface area contributed by atoms with Gasteiger partial charge in [0.15, 0.2) is 6.10 Å². The molecule has 0 bridgehead atoms. The number of unbranched alkanes of at least 4 members (excludes halogenated alkanes) is 31. The van der Waals surface area contributed by atoms with E-state index in [1.165, 1.54) is 167 Å². The van der Waals surface area contributed by atoms with Gasteiger partial charge in [-0.2, -0.15) is 0 Å². The van der Waals surface area contributed by atoms with Gasteiger partial charge in [-0.25, -0.2) is 0 Å². The second-order valence-corrected chi connectivity index (χ2v) is 17.8. The third-order valence-corrected chi connectivity index (χ3v) is 11.6. The van der Waals surface area contributed by atoms with Gasteiger partial charge in [0.1, 0.15) is 13.2 Å². The van der Waals surface area contributed by atoms with E-state index in [1.54, 1.807) is 0 Å². The normalized spacial score (nSPS) is 12.2. The van der Waals surface area contributed by atoms with Crippen LogP contribution in [0.3, 0.4) is 0 Å². The maximum atomic E-state index is 12.7. The van der Waals surface area contributed by atoms with Crippen molar-refractivity contribution in [2.24, 2.45) is 0 Å². The molecule has 0 aliphatic rings. The SMILES string of the molecule is CCCCCCCC/C=C/C/C=C/CCC(=O)OC(COC(=O)CCCCC/C=C/CCCCCCCC)COC(=O)CCCCCCCCCCCCCCCCCCC. The third-order valence-electron chi connectivity index (χ3n) is 11.6. The van der Waals surface area contributed by atoms with Gasteiger partial charge < -0.3 is 14.2 Å². The molecule has 0 fully saturated rings. The standard InChI is InChI=1S/C55H100O6/c1-4-7-10-13-16-19-22-25-26-27-28-31-33-36-39-42-45-48-54(57)60-51-52(61-55(58)49-46-43-40-37-34-30-24-21-18-15-12-9-6-3)50-59-53(56)47-44-41-38-35-32-29-23-20-17-14-11-8-5-2/h29-30,32,34,40,43,52H,4-28,31,33,35-39,41-42,44-51H2,1-3H3/b32-29+,34-30+,43-40+. The lowest BCUT2D eigenvalue weighted by Crippen LogP contribution is -2.30. The average Bonchev–Trinajstić information content (AvgIpc) is 3.26. The zero-order chi connectivity index (χ0) is 44.4. The van der Waals surface area contributed by atoms with Crippen molar-refractivity contribution in [3.05, 3.63) is 36.5 Å². The summed E-state index contributed by atoms with van der Waals surface area (Å²) in [6.07, 6.45) is 58.6. The molecule has 0 radical (unpaired) electrons. The average molecular weight is 857 g/mol. The zero-order valence-electron chi connectivity index (χ0n) is 40.7. The van der Waals surface area contributed by atoms with Gasteiger partial charge in [-0.15, -0.1) is 0 Å². The monoisotopic (exact) mass is 857 g/mol. The molecule has 0 aromatic heterocycles. The number of hydrogen-bond acceptors (Lipinski definition) is 6. The first kappa shape index (κ1) is 58.6. The van der Waals surface area contributed by atoms with Crippen molar-refractivity contribution in [1.82, 2.24) is 0 Å². The van der Waals surface area contributed by atoms with E-state index in [0.29, 0.717) is 19.3 Å². The van der Waals surface area contributed by atoms with Crippen LogP contribution >= 0.6 is 0 Å². The lowest BCUT2D eigenvalue weighted by atomic mass is 10.0. The number of hydrogen-bond donors (Lipinski definition) is 0. The summed E-state index contributed by atoms with van der Waals surface area (Å²) in [5.74, 6) is -0.970. The van der Waals surface area contributed by atoms with Crippen molar-refractivity contribution in [3.63, 3.8) is 0 Å². The van der Waals surface area contributed by atoms with Crippen LogP contribution in [-0.4, -0.2) is 37.2 Å². The minimum Gasteiger partial charge on any atom is -0.462 e. The van der Waals surface area contributed by atoms with E-state index in [4.69, 9.17) is 14.2 Å². The van der Waals surface area contributed by atoms with Gasteiger partial charge in [0.2, 0.25) is 0 Å². The molecule has 61 heavy (non-hydrogen) atoms. The first-order valence-electron chi connectivity index (χ1n) is 26.5. The first-order chi connectivity index (χ1) is 30.0. The highest BCUT2D eigenvalue weighted by atomic mass is 16.6. The van der Waals surface area contributed by atoms with Crippen LogP contribution in [0.1, 0.15) is 278 Å². The molecular formula is C55H100O6. The predicted molar refractivity (Wildman–Crippen MR) is 261 cm³/mol. The Morgan fingerprint density at radius 2 is 0.623 bits per heavy atom. The largest absolute Gasteiger partial charge is 0.462 e. The van der Waals surface area contributed by atoms with E-state index in [0.717, 1.165) is 64.2 Å². The highest BCUT2D eigenvalue weighted by Crippen LogP contribution is 2.15. The van der Waals surface area contributed by atoms with Gasteiger partial charge in [-0.3, -0.25) is 14.4 Å². The molecule has 0 heterocycles. The Morgan fingerprint density at radius 3 is 1.00 bits per heavy atom. The van der Waals surface area contributed by atoms with Crippen molar-refractivity contribution >= 4 is 17.9 Å². The molecule has 0 aromatic rings. The predicted octanol–water partition coefficient (Wildman–Crippen LogP) is 17.3. The van der Waals surface area contributed by atoms with Gasteiger partial charge >= 0.3 is 17.9 Å². The Morgan fingerprint density at radius 1 is 0.328 bits per heavy atom. The zero-order valence-corrected chi connectivity index (χ0v) is 40.7. The number of ether oxygens (including phenoxy) is 3. The lowest BCUT2D eigenvalue weighted by Gasteiger charge is -2.18. The number of esters is 3. The molecule has 0 rings (SSSR count). The summed E-state index contributed by atoms with van der Waals surface area (Å²) < 4.78 is 16.7. The van der Waals surface area contributed by atoms with E-state index >= 15 is 0 Å². The van der Waals surface area contributed by atoms with Crippen LogP contribution in [0.2, 0.25) is 0 Å². The van der Waals surface area contributed by atoms with Crippen LogP contribution < -0.4 is 0 Å². The molecule has 0 spiro atoms. The topological polar surface area (TPSA) is 78.9 Å². The maximum absolute atomic E-state index is 12.7. The molecule has 1 atom stereocenters. The number of rotatable bonds is 48. The smallest absolute Gasteiger partial charge is 0.306 e. The summed E-state index contributed by atoms with van der Waals surface area (Å²) in [5, 5.41) is 0. The Balaban J connectivity index is 4.39. The molecule has 0 N–H and O–H groups in total. The van der Waals surface area contributed by atoms with E-state index in [-0.39, 0.29) is 37.5 Å². The minimum absolute atomic E-state index is 0.0961. The molecule has 356 valence electrons. The van der Waals surface area contributed by atoms with Gasteiger partial charge in [0, 0.05) is 19.3 Å². The maximum Gasteiger partial charge on any atom is 0.306 e. The molecule has 0 aromatic carbocycles. The number of allylic oxidation sites excluding steroid dienone is 6. The van der Waals surface area contributed by atoms with Gasteiger partial charge in [-0.1, -0.05) is 231 Å². The number of carbonyl (C=O) groups excluding carboxylic acids is 3. The second-order valence-electron chi connectivity index (χ2n) is 17.8. The third kappa shape index (κ3) is 48.5. The van der Waals surface area contributed by atoms with Crippen molar-refractivity contribution in [1.29, 1.82) is 0 Å². The van der Waals surface area contributed by atoms with Crippen molar-refractivity contribution < 1.29 is 28.6 Å². The highest BCUT2D eigenvalue weighted by molar-refractivity contribution is 5.71. The van der Waals surface area contributed by atoms with Crippen LogP contribution in [0.25, 0.3) is 0 Å². The van der Waals surface area contributed by atoms with Crippen LogP contribution in [0.5, 0.6) is 0 Å². The Bertz CT molecular complexity index is 1030. The van der Waals surface area contributed by atoms with Gasteiger partial charge in [0.05, 0.1) is 0 Å². The molecule has 1 unspecified atom stereocenters. The molecule has 0 amide bonds. The fourth-order valence-corrected chi connectivity index (χ4v) is 7.61. The Kier molecular flexibility index (Phi) is 48.3. The van der Waals surface area contributed by atoms with Crippen molar-refractivity contribution in [3.8, 4) is 0 Å². The minimum atomic E-state index is -0.804. The van der Waals surface area contributed by atoms with Crippen LogP contribution in [-0.2, 0) is 28.6 Å². The molecule has 6 heteroatoms. The van der Waals surface area contributed by atoms with Crippen molar-refractivity contribution in [2.75, 3.05) is 13.2 Å². The fraction of sp³-hybridized carbons (Fsp3) is 0.836. The van der Waals surface area contributed by atoms with E-state index in [9.17, 15) is 14.4 Å². The summed E-state index contributed by atoms with van der Waals surface area (Å²) in [6.45, 7) is 6.58. The van der Waals surface area contributed by atoms with Crippen LogP contribution in [0, 0.1) is 0 Å². The van der Waals surface area contributed by atoms with Crippen molar-refractivity contribution in [2.45, 2.75) is 284 Å². The number of carbonyl (C=O) groups is 3. The molecule has 0 saturated carbocycles. The highest BCUT2D eigenvalue weighted by Gasteiger charge is 2.19. The molecular weight excluding hydrogens is 757 g/mol. The summed E-state index contributed by atoms with van der Waals surface area (Å²) in [5.41, 5.74) is 0. The summed E-state index contributed by atoms with van der Waals surface area (Å²) in [4.78, 5) is 37.9. The molecule has 0 aliphatic heterocycles. The molecule has 0 aliphatic carbocycles. The quantitative estimate of drug-likeness (QED) is 0.0262.